The predicted octanol–water partition coefficient (Wildman–Crippen LogP) is 1.15. The summed E-state index contributed by atoms with van der Waals surface area (Å²) in [4.78, 5) is 29.4. The number of rotatable bonds is 1. The number of benzene rings is 1. The maximum absolute atomic E-state index is 14.2. The molecule has 1 atom stereocenters. The highest BCUT2D eigenvalue weighted by Crippen LogP contribution is 2.41. The minimum atomic E-state index is -1.20. The van der Waals surface area contributed by atoms with Gasteiger partial charge in [0, 0.05) is 6.54 Å². The first-order chi connectivity index (χ1) is 10.5. The fraction of sp³-hybridized carbons (Fsp3) is 0.214. The molecule has 0 unspecified atom stereocenters. The Morgan fingerprint density at radius 1 is 1.36 bits per heavy atom. The van der Waals surface area contributed by atoms with Crippen molar-refractivity contribution in [3.05, 3.63) is 47.0 Å². The topological polar surface area (TPSA) is 81.2 Å². The van der Waals surface area contributed by atoms with Crippen molar-refractivity contribution in [2.45, 2.75) is 12.5 Å². The van der Waals surface area contributed by atoms with Crippen LogP contribution in [0.4, 0.5) is 8.78 Å². The van der Waals surface area contributed by atoms with Crippen molar-refractivity contribution >= 4 is 11.8 Å². The van der Waals surface area contributed by atoms with Crippen molar-refractivity contribution in [2.24, 2.45) is 5.73 Å². The van der Waals surface area contributed by atoms with E-state index in [1.807, 2.05) is 0 Å². The molecule has 4 rings (SSSR count). The molecule has 6 nitrogen and oxygen atoms in total. The molecule has 8 heteroatoms. The van der Waals surface area contributed by atoms with E-state index in [9.17, 15) is 18.4 Å². The highest BCUT2D eigenvalue weighted by molar-refractivity contribution is 6.00. The summed E-state index contributed by atoms with van der Waals surface area (Å²) >= 11 is 0. The lowest BCUT2D eigenvalue weighted by Gasteiger charge is -2.39. The number of nitrogens with zero attached hydrogens (tertiary/aromatic N) is 3. The highest BCUT2D eigenvalue weighted by atomic mass is 19.2. The van der Waals surface area contributed by atoms with Crippen LogP contribution in [0.5, 0.6) is 0 Å². The summed E-state index contributed by atoms with van der Waals surface area (Å²) in [6.07, 6.45) is 1.91. The summed E-state index contributed by atoms with van der Waals surface area (Å²) in [5.74, 6) is -3.61. The highest BCUT2D eigenvalue weighted by Gasteiger charge is 2.43. The second-order valence-corrected chi connectivity index (χ2v) is 5.27. The van der Waals surface area contributed by atoms with E-state index in [4.69, 9.17) is 5.73 Å². The van der Waals surface area contributed by atoms with Crippen LogP contribution < -0.4 is 5.73 Å². The van der Waals surface area contributed by atoms with Gasteiger partial charge in [0.1, 0.15) is 11.9 Å². The van der Waals surface area contributed by atoms with Gasteiger partial charge in [0.15, 0.2) is 17.3 Å². The molecule has 0 radical (unpaired) electrons. The molecular weight excluding hydrogens is 294 g/mol. The summed E-state index contributed by atoms with van der Waals surface area (Å²) in [5.41, 5.74) is 5.62. The van der Waals surface area contributed by atoms with Crippen molar-refractivity contribution in [1.82, 2.24) is 14.5 Å². The summed E-state index contributed by atoms with van der Waals surface area (Å²) in [7, 11) is 0. The Labute approximate surface area is 123 Å². The van der Waals surface area contributed by atoms with Crippen LogP contribution in [0.1, 0.15) is 39.0 Å². The van der Waals surface area contributed by atoms with Gasteiger partial charge in [-0.25, -0.2) is 13.8 Å². The summed E-state index contributed by atoms with van der Waals surface area (Å²) in [6, 6.07) is 1.83. The monoisotopic (exact) mass is 304 g/mol. The van der Waals surface area contributed by atoms with Gasteiger partial charge in [-0.1, -0.05) is 0 Å². The zero-order chi connectivity index (χ0) is 15.6. The molecule has 2 aliphatic rings. The molecule has 2 aromatic rings. The number of primary amides is 1. The maximum Gasteiger partial charge on any atom is 0.269 e. The first-order valence-corrected chi connectivity index (χ1v) is 6.67. The Bertz CT molecular complexity index is 846. The van der Waals surface area contributed by atoms with E-state index in [0.717, 1.165) is 6.07 Å². The molecule has 2 aliphatic heterocycles. The van der Waals surface area contributed by atoms with Crippen LogP contribution in [-0.4, -0.2) is 32.8 Å². The normalized spacial score (nSPS) is 18.9. The third kappa shape index (κ3) is 1.44. The summed E-state index contributed by atoms with van der Waals surface area (Å²) < 4.78 is 29.1. The summed E-state index contributed by atoms with van der Waals surface area (Å²) in [6.45, 7) is 0.405. The zero-order valence-electron chi connectivity index (χ0n) is 11.2. The Morgan fingerprint density at radius 3 is 2.77 bits per heavy atom. The first kappa shape index (κ1) is 12.9. The molecule has 1 fully saturated rings. The van der Waals surface area contributed by atoms with E-state index in [-0.39, 0.29) is 16.9 Å². The SMILES string of the molecule is NC(=O)c1ncn2c1[C@@H]1CCN1C(=O)c1c-2ccc(F)c1F. The quantitative estimate of drug-likeness (QED) is 0.858. The number of fused-ring (bicyclic) bond motifs is 5. The molecule has 2 amide bonds. The van der Waals surface area contributed by atoms with E-state index in [2.05, 4.69) is 4.98 Å². The van der Waals surface area contributed by atoms with Gasteiger partial charge in [0.2, 0.25) is 0 Å². The summed E-state index contributed by atoms with van der Waals surface area (Å²) in [5, 5.41) is 0. The zero-order valence-corrected chi connectivity index (χ0v) is 11.2. The Kier molecular flexibility index (Phi) is 2.42. The number of carbonyl (C=O) groups is 2. The average molecular weight is 304 g/mol. The minimum Gasteiger partial charge on any atom is -0.364 e. The smallest absolute Gasteiger partial charge is 0.269 e. The van der Waals surface area contributed by atoms with Crippen LogP contribution in [0.3, 0.4) is 0 Å². The number of halogens is 2. The van der Waals surface area contributed by atoms with Gasteiger partial charge >= 0.3 is 0 Å². The van der Waals surface area contributed by atoms with Crippen LogP contribution in [0, 0.1) is 11.6 Å². The van der Waals surface area contributed by atoms with Gasteiger partial charge in [0.05, 0.1) is 17.4 Å². The predicted molar refractivity (Wildman–Crippen MR) is 70.4 cm³/mol. The molecule has 2 N–H and O–H groups in total. The molecule has 0 bridgehead atoms. The number of hydrogen-bond acceptors (Lipinski definition) is 3. The van der Waals surface area contributed by atoms with Crippen molar-refractivity contribution in [1.29, 1.82) is 0 Å². The van der Waals surface area contributed by atoms with Gasteiger partial charge in [0.25, 0.3) is 11.8 Å². The lowest BCUT2D eigenvalue weighted by atomic mass is 9.97. The van der Waals surface area contributed by atoms with E-state index in [1.165, 1.54) is 21.9 Å². The van der Waals surface area contributed by atoms with Crippen LogP contribution in [-0.2, 0) is 0 Å². The van der Waals surface area contributed by atoms with Gasteiger partial charge < -0.3 is 10.6 Å². The molecule has 1 saturated heterocycles. The molecule has 3 heterocycles. The lowest BCUT2D eigenvalue weighted by Crippen LogP contribution is -2.45. The molecular formula is C14H10F2N4O2. The molecule has 0 spiro atoms. The van der Waals surface area contributed by atoms with E-state index < -0.39 is 29.5 Å². The van der Waals surface area contributed by atoms with Crippen LogP contribution in [0.2, 0.25) is 0 Å². The number of nitrogens with two attached hydrogens (primary N) is 1. The van der Waals surface area contributed by atoms with Gasteiger partial charge in [-0.2, -0.15) is 0 Å². The van der Waals surface area contributed by atoms with E-state index >= 15 is 0 Å². The number of aromatic nitrogens is 2. The first-order valence-electron chi connectivity index (χ1n) is 6.67. The largest absolute Gasteiger partial charge is 0.364 e. The molecule has 1 aromatic carbocycles. The second-order valence-electron chi connectivity index (χ2n) is 5.27. The lowest BCUT2D eigenvalue weighted by molar-refractivity contribution is 0.0451. The molecule has 0 aliphatic carbocycles. The van der Waals surface area contributed by atoms with Crippen molar-refractivity contribution in [3.8, 4) is 5.69 Å². The third-order valence-electron chi connectivity index (χ3n) is 4.18. The van der Waals surface area contributed by atoms with Gasteiger partial charge in [-0.3, -0.25) is 14.2 Å². The van der Waals surface area contributed by atoms with Gasteiger partial charge in [-0.05, 0) is 18.6 Å². The van der Waals surface area contributed by atoms with Crippen LogP contribution >= 0.6 is 0 Å². The van der Waals surface area contributed by atoms with Crippen molar-refractivity contribution < 1.29 is 18.4 Å². The number of carbonyl (C=O) groups excluding carboxylic acids is 2. The Morgan fingerprint density at radius 2 is 2.14 bits per heavy atom. The fourth-order valence-corrected chi connectivity index (χ4v) is 3.06. The van der Waals surface area contributed by atoms with E-state index in [0.29, 0.717) is 18.7 Å². The molecule has 1 aromatic heterocycles. The maximum atomic E-state index is 14.2. The Balaban J connectivity index is 2.08. The van der Waals surface area contributed by atoms with Crippen LogP contribution in [0.15, 0.2) is 18.5 Å². The second kappa shape index (κ2) is 4.12. The number of amides is 2. The van der Waals surface area contributed by atoms with E-state index in [1.54, 1.807) is 0 Å². The van der Waals surface area contributed by atoms with Crippen LogP contribution in [0.25, 0.3) is 5.69 Å². The number of hydrogen-bond donors (Lipinski definition) is 1. The third-order valence-corrected chi connectivity index (χ3v) is 4.18. The molecule has 112 valence electrons. The van der Waals surface area contributed by atoms with Crippen molar-refractivity contribution in [2.75, 3.05) is 6.54 Å². The Hall–Kier alpha value is -2.77. The number of imidazole rings is 1. The fourth-order valence-electron chi connectivity index (χ4n) is 3.06. The molecule has 0 saturated carbocycles. The van der Waals surface area contributed by atoms with Crippen molar-refractivity contribution in [3.63, 3.8) is 0 Å². The standard InChI is InChI=1S/C14H10F2N4O2/c15-6-1-2-7-9(10(6)16)14(22)19-4-3-8(19)12-11(13(17)21)18-5-20(7)12/h1-2,5,8H,3-4H2,(H2,17,21)/t8-/m0/s1. The molecule has 22 heavy (non-hydrogen) atoms. The average Bonchev–Trinajstić information content (AvgIpc) is 2.82. The van der Waals surface area contributed by atoms with Gasteiger partial charge in [-0.15, -0.1) is 0 Å². The minimum absolute atomic E-state index is 0.0417.